The van der Waals surface area contributed by atoms with E-state index in [0.717, 1.165) is 19.5 Å². The van der Waals surface area contributed by atoms with E-state index < -0.39 is 0 Å². The first-order valence-electron chi connectivity index (χ1n) is 6.03. The summed E-state index contributed by atoms with van der Waals surface area (Å²) >= 11 is 6.04. The third-order valence-electron chi connectivity index (χ3n) is 3.36. The summed E-state index contributed by atoms with van der Waals surface area (Å²) in [5, 5.41) is 3.81. The van der Waals surface area contributed by atoms with Crippen molar-refractivity contribution >= 4 is 11.6 Å². The van der Waals surface area contributed by atoms with Crippen LogP contribution >= 0.6 is 11.6 Å². The van der Waals surface area contributed by atoms with Crippen LogP contribution in [0.1, 0.15) is 18.4 Å². The Labute approximate surface area is 107 Å². The molecule has 0 amide bonds. The van der Waals surface area contributed by atoms with Gasteiger partial charge in [-0.3, -0.25) is 4.90 Å². The lowest BCUT2D eigenvalue weighted by Gasteiger charge is -2.32. The number of nitrogens with zero attached hydrogens (tertiary/aromatic N) is 1. The predicted molar refractivity (Wildman–Crippen MR) is 68.8 cm³/mol. The zero-order chi connectivity index (χ0) is 12.3. The molecular weight excluding hydrogens is 239 g/mol. The molecule has 1 N–H and O–H groups in total. The van der Waals surface area contributed by atoms with E-state index in [1.165, 1.54) is 12.5 Å². The van der Waals surface area contributed by atoms with Gasteiger partial charge in [-0.25, -0.2) is 4.39 Å². The normalized spacial score (nSPS) is 21.7. The lowest BCUT2D eigenvalue weighted by atomic mass is 10.0. The fourth-order valence-corrected chi connectivity index (χ4v) is 2.56. The van der Waals surface area contributed by atoms with Crippen molar-refractivity contribution in [3.8, 4) is 0 Å². The van der Waals surface area contributed by atoms with Crippen LogP contribution in [0.4, 0.5) is 4.39 Å². The fraction of sp³-hybridized carbons (Fsp3) is 0.538. The van der Waals surface area contributed by atoms with Crippen molar-refractivity contribution in [3.63, 3.8) is 0 Å². The number of rotatable bonds is 3. The molecule has 94 valence electrons. The van der Waals surface area contributed by atoms with Gasteiger partial charge in [0.2, 0.25) is 0 Å². The molecule has 1 aromatic rings. The van der Waals surface area contributed by atoms with Crippen LogP contribution in [0.3, 0.4) is 0 Å². The number of hydrogen-bond acceptors (Lipinski definition) is 2. The third kappa shape index (κ3) is 3.18. The molecule has 0 spiro atoms. The van der Waals surface area contributed by atoms with Gasteiger partial charge in [-0.15, -0.1) is 0 Å². The molecule has 0 bridgehead atoms. The number of hydrogen-bond donors (Lipinski definition) is 1. The molecule has 17 heavy (non-hydrogen) atoms. The van der Waals surface area contributed by atoms with E-state index in [2.05, 4.69) is 10.2 Å². The maximum Gasteiger partial charge on any atom is 0.129 e. The van der Waals surface area contributed by atoms with Crippen LogP contribution in [0.15, 0.2) is 18.2 Å². The highest BCUT2D eigenvalue weighted by atomic mass is 35.5. The first-order valence-corrected chi connectivity index (χ1v) is 6.41. The lowest BCUT2D eigenvalue weighted by Crippen LogP contribution is -2.44. The Morgan fingerprint density at radius 3 is 3.06 bits per heavy atom. The van der Waals surface area contributed by atoms with Crippen LogP contribution in [0.25, 0.3) is 0 Å². The highest BCUT2D eigenvalue weighted by molar-refractivity contribution is 6.31. The minimum Gasteiger partial charge on any atom is -0.316 e. The molecule has 2 nitrogen and oxygen atoms in total. The van der Waals surface area contributed by atoms with Gasteiger partial charge in [-0.1, -0.05) is 17.7 Å². The van der Waals surface area contributed by atoms with Gasteiger partial charge in [-0.05, 0) is 38.6 Å². The van der Waals surface area contributed by atoms with Crippen LogP contribution in [-0.2, 0) is 6.54 Å². The van der Waals surface area contributed by atoms with E-state index >= 15 is 0 Å². The monoisotopic (exact) mass is 256 g/mol. The second kappa shape index (κ2) is 5.80. The molecule has 0 aliphatic carbocycles. The lowest BCUT2D eigenvalue weighted by molar-refractivity contribution is 0.186. The van der Waals surface area contributed by atoms with Gasteiger partial charge >= 0.3 is 0 Å². The topological polar surface area (TPSA) is 15.3 Å². The van der Waals surface area contributed by atoms with Crippen molar-refractivity contribution in [3.05, 3.63) is 34.6 Å². The van der Waals surface area contributed by atoms with Gasteiger partial charge in [0.15, 0.2) is 0 Å². The first-order chi connectivity index (χ1) is 8.20. The van der Waals surface area contributed by atoms with E-state index in [-0.39, 0.29) is 5.82 Å². The number of piperidine rings is 1. The van der Waals surface area contributed by atoms with E-state index in [9.17, 15) is 4.39 Å². The highest BCUT2D eigenvalue weighted by Crippen LogP contribution is 2.22. The second-order valence-corrected chi connectivity index (χ2v) is 4.97. The average Bonchev–Trinajstić information content (AvgIpc) is 2.34. The molecule has 1 atom stereocenters. The number of nitrogens with one attached hydrogen (secondary N) is 1. The van der Waals surface area contributed by atoms with Crippen molar-refractivity contribution in [2.75, 3.05) is 20.1 Å². The largest absolute Gasteiger partial charge is 0.316 e. The molecule has 0 radical (unpaired) electrons. The molecule has 2 rings (SSSR count). The molecule has 1 aliphatic rings. The van der Waals surface area contributed by atoms with E-state index in [4.69, 9.17) is 11.6 Å². The van der Waals surface area contributed by atoms with Crippen LogP contribution in [-0.4, -0.2) is 31.1 Å². The van der Waals surface area contributed by atoms with Gasteiger partial charge in [0, 0.05) is 29.7 Å². The van der Waals surface area contributed by atoms with Gasteiger partial charge in [0.1, 0.15) is 5.82 Å². The Morgan fingerprint density at radius 2 is 2.35 bits per heavy atom. The number of benzene rings is 1. The van der Waals surface area contributed by atoms with Crippen LogP contribution < -0.4 is 5.32 Å². The molecule has 1 aliphatic heterocycles. The second-order valence-electron chi connectivity index (χ2n) is 4.56. The zero-order valence-electron chi connectivity index (χ0n) is 10.0. The van der Waals surface area contributed by atoms with Crippen LogP contribution in [0.5, 0.6) is 0 Å². The summed E-state index contributed by atoms with van der Waals surface area (Å²) in [6.45, 7) is 2.58. The number of likely N-dealkylation sites (tertiary alicyclic amines) is 1. The Kier molecular flexibility index (Phi) is 4.37. The number of likely N-dealkylation sites (N-methyl/N-ethyl adjacent to an activating group) is 1. The van der Waals surface area contributed by atoms with Crippen molar-refractivity contribution in [1.82, 2.24) is 10.2 Å². The van der Waals surface area contributed by atoms with Crippen LogP contribution in [0.2, 0.25) is 5.02 Å². The molecule has 1 aromatic carbocycles. The number of halogens is 2. The molecule has 4 heteroatoms. The maximum absolute atomic E-state index is 13.7. The van der Waals surface area contributed by atoms with Gasteiger partial charge < -0.3 is 5.32 Å². The quantitative estimate of drug-likeness (QED) is 0.895. The van der Waals surface area contributed by atoms with Crippen molar-refractivity contribution in [1.29, 1.82) is 0 Å². The molecule has 1 saturated heterocycles. The van der Waals surface area contributed by atoms with Gasteiger partial charge in [0.25, 0.3) is 0 Å². The molecular formula is C13H18ClFN2. The molecule has 0 saturated carbocycles. The van der Waals surface area contributed by atoms with Crippen molar-refractivity contribution < 1.29 is 4.39 Å². The first kappa shape index (κ1) is 12.8. The summed E-state index contributed by atoms with van der Waals surface area (Å²) in [4.78, 5) is 2.26. The predicted octanol–water partition coefficient (Wildman–Crippen LogP) is 2.66. The Hall–Kier alpha value is -0.640. The summed E-state index contributed by atoms with van der Waals surface area (Å²) in [6, 6.07) is 5.38. The standard InChI is InChI=1S/C13H18ClFN2/c1-16-10-4-3-7-17(8-10)9-11-12(14)5-2-6-13(11)15/h2,5-6,10,16H,3-4,7-9H2,1H3. The van der Waals surface area contributed by atoms with Crippen molar-refractivity contribution in [2.24, 2.45) is 0 Å². The summed E-state index contributed by atoms with van der Waals surface area (Å²) in [5.74, 6) is -0.205. The molecule has 1 unspecified atom stereocenters. The molecule has 0 aromatic heterocycles. The summed E-state index contributed by atoms with van der Waals surface area (Å²) in [6.07, 6.45) is 2.34. The smallest absolute Gasteiger partial charge is 0.129 e. The maximum atomic E-state index is 13.7. The zero-order valence-corrected chi connectivity index (χ0v) is 10.8. The summed E-state index contributed by atoms with van der Waals surface area (Å²) in [5.41, 5.74) is 0.617. The highest BCUT2D eigenvalue weighted by Gasteiger charge is 2.20. The van der Waals surface area contributed by atoms with Crippen LogP contribution in [0, 0.1) is 5.82 Å². The Morgan fingerprint density at radius 1 is 1.53 bits per heavy atom. The Bertz CT molecular complexity index is 363. The van der Waals surface area contributed by atoms with E-state index in [1.54, 1.807) is 12.1 Å². The third-order valence-corrected chi connectivity index (χ3v) is 3.71. The van der Waals surface area contributed by atoms with Gasteiger partial charge in [-0.2, -0.15) is 0 Å². The van der Waals surface area contributed by atoms with Gasteiger partial charge in [0.05, 0.1) is 0 Å². The summed E-state index contributed by atoms with van der Waals surface area (Å²) in [7, 11) is 1.98. The average molecular weight is 257 g/mol. The minimum absolute atomic E-state index is 0.205. The van der Waals surface area contributed by atoms with E-state index in [1.807, 2.05) is 7.05 Å². The summed E-state index contributed by atoms with van der Waals surface area (Å²) < 4.78 is 13.7. The molecule has 1 heterocycles. The van der Waals surface area contributed by atoms with E-state index in [0.29, 0.717) is 23.2 Å². The molecule has 1 fully saturated rings. The minimum atomic E-state index is -0.205. The van der Waals surface area contributed by atoms with Crippen molar-refractivity contribution in [2.45, 2.75) is 25.4 Å². The SMILES string of the molecule is CNC1CCCN(Cc2c(F)cccc2Cl)C1. The Balaban J connectivity index is 2.05. The fourth-order valence-electron chi connectivity index (χ4n) is 2.34.